The monoisotopic (exact) mass is 403 g/mol. The predicted octanol–water partition coefficient (Wildman–Crippen LogP) is 2.85. The van der Waals surface area contributed by atoms with E-state index in [-0.39, 0.29) is 18.0 Å². The van der Waals surface area contributed by atoms with Crippen LogP contribution in [-0.4, -0.2) is 24.8 Å². The Morgan fingerprint density at radius 1 is 1.00 bits per heavy atom. The van der Waals surface area contributed by atoms with Crippen LogP contribution < -0.4 is 11.0 Å². The summed E-state index contributed by atoms with van der Waals surface area (Å²) in [6.45, 7) is 4.70. The fraction of sp³-hybridized carbons (Fsp3) is 0.261. The van der Waals surface area contributed by atoms with E-state index in [2.05, 4.69) is 10.4 Å². The lowest BCUT2D eigenvalue weighted by Gasteiger charge is -2.08. The van der Waals surface area contributed by atoms with Crippen LogP contribution >= 0.6 is 0 Å². The molecule has 0 spiro atoms. The summed E-state index contributed by atoms with van der Waals surface area (Å²) in [7, 11) is 1.75. The quantitative estimate of drug-likeness (QED) is 0.538. The molecule has 1 amide bonds. The lowest BCUT2D eigenvalue weighted by molar-refractivity contribution is -0.121. The summed E-state index contributed by atoms with van der Waals surface area (Å²) in [5.74, 6) is -0.0962. The Labute approximate surface area is 174 Å². The van der Waals surface area contributed by atoms with Gasteiger partial charge in [-0.25, -0.2) is 9.48 Å². The molecule has 0 unspecified atom stereocenters. The highest BCUT2D eigenvalue weighted by molar-refractivity contribution is 5.78. The molecule has 2 aromatic carbocycles. The number of para-hydroxylation sites is 3. The molecular weight excluding hydrogens is 378 g/mol. The normalized spacial score (nSPS) is 11.2. The smallest absolute Gasteiger partial charge is 0.328 e. The van der Waals surface area contributed by atoms with Crippen LogP contribution in [0.4, 0.5) is 0 Å². The zero-order chi connectivity index (χ0) is 21.3. The molecule has 0 fully saturated rings. The predicted molar refractivity (Wildman–Crippen MR) is 117 cm³/mol. The van der Waals surface area contributed by atoms with Crippen LogP contribution in [0.15, 0.2) is 59.4 Å². The van der Waals surface area contributed by atoms with E-state index in [4.69, 9.17) is 0 Å². The van der Waals surface area contributed by atoms with Crippen molar-refractivity contribution < 1.29 is 4.79 Å². The van der Waals surface area contributed by atoms with Crippen molar-refractivity contribution in [2.24, 2.45) is 7.05 Å². The van der Waals surface area contributed by atoms with Gasteiger partial charge >= 0.3 is 5.69 Å². The van der Waals surface area contributed by atoms with Gasteiger partial charge in [0.15, 0.2) is 0 Å². The van der Waals surface area contributed by atoms with Gasteiger partial charge < -0.3 is 5.32 Å². The highest BCUT2D eigenvalue weighted by Crippen LogP contribution is 2.18. The van der Waals surface area contributed by atoms with E-state index in [0.29, 0.717) is 13.1 Å². The van der Waals surface area contributed by atoms with Gasteiger partial charge in [-0.3, -0.25) is 13.9 Å². The molecule has 4 aromatic rings. The Morgan fingerprint density at radius 2 is 1.67 bits per heavy atom. The summed E-state index contributed by atoms with van der Waals surface area (Å²) in [4.78, 5) is 25.0. The number of hydrogen-bond acceptors (Lipinski definition) is 3. The molecule has 0 bridgehead atoms. The van der Waals surface area contributed by atoms with Gasteiger partial charge in [0.05, 0.1) is 22.4 Å². The van der Waals surface area contributed by atoms with E-state index in [1.807, 2.05) is 73.1 Å². The molecular formula is C23H25N5O2. The molecule has 7 nitrogen and oxygen atoms in total. The van der Waals surface area contributed by atoms with Gasteiger partial charge in [-0.15, -0.1) is 0 Å². The molecule has 2 heterocycles. The number of fused-ring (bicyclic) bond motifs is 1. The first kappa shape index (κ1) is 19.7. The van der Waals surface area contributed by atoms with Crippen LogP contribution in [-0.2, 0) is 24.9 Å². The second-order valence-electron chi connectivity index (χ2n) is 7.41. The lowest BCUT2D eigenvalue weighted by atomic mass is 10.2. The maximum atomic E-state index is 12.5. The maximum Gasteiger partial charge on any atom is 0.328 e. The number of carbonyl (C=O) groups excluding carboxylic acids is 1. The number of benzene rings is 2. The fourth-order valence-corrected chi connectivity index (χ4v) is 3.82. The Morgan fingerprint density at radius 3 is 2.40 bits per heavy atom. The van der Waals surface area contributed by atoms with Gasteiger partial charge in [0, 0.05) is 37.8 Å². The maximum absolute atomic E-state index is 12.5. The van der Waals surface area contributed by atoms with Crippen molar-refractivity contribution in [2.45, 2.75) is 33.4 Å². The SMILES string of the molecule is Cc1nn(-c2ccccc2)c(C)c1CNC(=O)CCn1c(=O)n(C)c2ccccc21. The van der Waals surface area contributed by atoms with Gasteiger partial charge in [-0.1, -0.05) is 30.3 Å². The van der Waals surface area contributed by atoms with Crippen molar-refractivity contribution in [1.29, 1.82) is 0 Å². The molecule has 0 saturated carbocycles. The van der Waals surface area contributed by atoms with E-state index >= 15 is 0 Å². The van der Waals surface area contributed by atoms with Gasteiger partial charge in [-0.2, -0.15) is 5.10 Å². The topological polar surface area (TPSA) is 73.8 Å². The molecule has 0 aliphatic heterocycles. The van der Waals surface area contributed by atoms with Crippen LogP contribution in [0.1, 0.15) is 23.4 Å². The molecule has 0 aliphatic carbocycles. The number of amides is 1. The summed E-state index contributed by atoms with van der Waals surface area (Å²) in [6, 6.07) is 17.5. The van der Waals surface area contributed by atoms with Crippen LogP contribution in [0.5, 0.6) is 0 Å². The van der Waals surface area contributed by atoms with Crippen molar-refractivity contribution in [3.05, 3.63) is 82.0 Å². The van der Waals surface area contributed by atoms with Crippen molar-refractivity contribution in [3.63, 3.8) is 0 Å². The van der Waals surface area contributed by atoms with Crippen molar-refractivity contribution >= 4 is 16.9 Å². The molecule has 0 atom stereocenters. The molecule has 1 N–H and O–H groups in total. The number of aromatic nitrogens is 4. The first-order chi connectivity index (χ1) is 14.5. The highest BCUT2D eigenvalue weighted by Gasteiger charge is 2.15. The van der Waals surface area contributed by atoms with Crippen LogP contribution in [0, 0.1) is 13.8 Å². The van der Waals surface area contributed by atoms with E-state index in [9.17, 15) is 9.59 Å². The van der Waals surface area contributed by atoms with E-state index in [1.165, 1.54) is 0 Å². The van der Waals surface area contributed by atoms with E-state index in [0.717, 1.165) is 33.7 Å². The Balaban J connectivity index is 1.44. The second-order valence-corrected chi connectivity index (χ2v) is 7.41. The fourth-order valence-electron chi connectivity index (χ4n) is 3.82. The summed E-state index contributed by atoms with van der Waals surface area (Å²) in [5.41, 5.74) is 5.49. The molecule has 0 radical (unpaired) electrons. The number of nitrogens with one attached hydrogen (secondary N) is 1. The average Bonchev–Trinajstić information content (AvgIpc) is 3.18. The van der Waals surface area contributed by atoms with Crippen molar-refractivity contribution in [2.75, 3.05) is 0 Å². The third-order valence-corrected chi connectivity index (χ3v) is 5.52. The lowest BCUT2D eigenvalue weighted by Crippen LogP contribution is -2.28. The number of aryl methyl sites for hydroxylation is 3. The molecule has 0 saturated heterocycles. The number of hydrogen-bond donors (Lipinski definition) is 1. The first-order valence-corrected chi connectivity index (χ1v) is 9.99. The Hall–Kier alpha value is -3.61. The van der Waals surface area contributed by atoms with Crippen molar-refractivity contribution in [1.82, 2.24) is 24.2 Å². The summed E-state index contributed by atoms with van der Waals surface area (Å²) < 4.78 is 5.16. The summed E-state index contributed by atoms with van der Waals surface area (Å²) in [5, 5.41) is 7.59. The molecule has 30 heavy (non-hydrogen) atoms. The van der Waals surface area contributed by atoms with Gasteiger partial charge in [0.1, 0.15) is 0 Å². The zero-order valence-corrected chi connectivity index (χ0v) is 17.4. The van der Waals surface area contributed by atoms with Gasteiger partial charge in [-0.05, 0) is 38.1 Å². The number of nitrogens with zero attached hydrogens (tertiary/aromatic N) is 4. The standard InChI is InChI=1S/C23H25N5O2/c1-16-19(17(2)28(25-16)18-9-5-4-6-10-18)15-24-22(29)13-14-27-21-12-8-7-11-20(21)26(3)23(27)30/h4-12H,13-15H2,1-3H3,(H,24,29). The van der Waals surface area contributed by atoms with Crippen LogP contribution in [0.2, 0.25) is 0 Å². The second kappa shape index (κ2) is 8.02. The minimum atomic E-state index is -0.111. The minimum Gasteiger partial charge on any atom is -0.352 e. The number of carbonyl (C=O) groups is 1. The van der Waals surface area contributed by atoms with Crippen LogP contribution in [0.3, 0.4) is 0 Å². The molecule has 154 valence electrons. The third kappa shape index (κ3) is 3.54. The van der Waals surface area contributed by atoms with E-state index < -0.39 is 0 Å². The average molecular weight is 403 g/mol. The van der Waals surface area contributed by atoms with E-state index in [1.54, 1.807) is 16.2 Å². The number of rotatable bonds is 6. The zero-order valence-electron chi connectivity index (χ0n) is 17.4. The summed E-state index contributed by atoms with van der Waals surface area (Å²) >= 11 is 0. The van der Waals surface area contributed by atoms with Gasteiger partial charge in [0.25, 0.3) is 0 Å². The Bertz CT molecular complexity index is 1260. The summed E-state index contributed by atoms with van der Waals surface area (Å²) in [6.07, 6.45) is 0.235. The minimum absolute atomic E-state index is 0.0962. The molecule has 4 rings (SSSR count). The third-order valence-electron chi connectivity index (χ3n) is 5.52. The first-order valence-electron chi connectivity index (χ1n) is 9.99. The van der Waals surface area contributed by atoms with Crippen LogP contribution in [0.25, 0.3) is 16.7 Å². The molecule has 0 aliphatic rings. The molecule has 2 aromatic heterocycles. The number of imidazole rings is 1. The largest absolute Gasteiger partial charge is 0.352 e. The Kier molecular flexibility index (Phi) is 5.27. The van der Waals surface area contributed by atoms with Crippen molar-refractivity contribution in [3.8, 4) is 5.69 Å². The van der Waals surface area contributed by atoms with Gasteiger partial charge in [0.2, 0.25) is 5.91 Å². The molecule has 7 heteroatoms. The highest BCUT2D eigenvalue weighted by atomic mass is 16.2.